The van der Waals surface area contributed by atoms with E-state index in [1.54, 1.807) is 0 Å². The first-order chi connectivity index (χ1) is 8.29. The molecule has 0 unspecified atom stereocenters. The van der Waals surface area contributed by atoms with E-state index >= 15 is 0 Å². The van der Waals surface area contributed by atoms with Gasteiger partial charge < -0.3 is 15.0 Å². The summed E-state index contributed by atoms with van der Waals surface area (Å²) >= 11 is 0. The summed E-state index contributed by atoms with van der Waals surface area (Å²) in [6, 6.07) is 8.12. The van der Waals surface area contributed by atoms with Gasteiger partial charge in [-0.2, -0.15) is 0 Å². The summed E-state index contributed by atoms with van der Waals surface area (Å²) in [5.41, 5.74) is 3.64. The highest BCUT2D eigenvalue weighted by atomic mass is 16.5. The van der Waals surface area contributed by atoms with Gasteiger partial charge in [-0.15, -0.1) is 0 Å². The lowest BCUT2D eigenvalue weighted by Crippen LogP contribution is -2.92. The Kier molecular flexibility index (Phi) is 2.37. The van der Waals surface area contributed by atoms with Gasteiger partial charge in [-0.25, -0.2) is 4.79 Å². The van der Waals surface area contributed by atoms with E-state index in [9.17, 15) is 4.79 Å². The van der Waals surface area contributed by atoms with E-state index in [1.165, 1.54) is 23.8 Å². The molecule has 0 bridgehead atoms. The van der Waals surface area contributed by atoms with E-state index in [0.717, 1.165) is 18.5 Å². The van der Waals surface area contributed by atoms with Crippen molar-refractivity contribution >= 4 is 16.9 Å². The van der Waals surface area contributed by atoms with Crippen LogP contribution < -0.4 is 5.32 Å². The van der Waals surface area contributed by atoms with E-state index in [2.05, 4.69) is 17.1 Å². The number of benzene rings is 1. The summed E-state index contributed by atoms with van der Waals surface area (Å²) in [6.45, 7) is 0.809. The van der Waals surface area contributed by atoms with Crippen molar-refractivity contribution in [3.63, 3.8) is 0 Å². The van der Waals surface area contributed by atoms with Crippen LogP contribution in [0.25, 0.3) is 10.9 Å². The van der Waals surface area contributed by atoms with Gasteiger partial charge in [-0.1, -0.05) is 18.2 Å². The molecule has 1 aromatic carbocycles. The predicted molar refractivity (Wildman–Crippen MR) is 63.4 cm³/mol. The van der Waals surface area contributed by atoms with Crippen LogP contribution in [-0.2, 0) is 22.5 Å². The molecule has 0 fully saturated rings. The van der Waals surface area contributed by atoms with Gasteiger partial charge in [0.05, 0.1) is 12.8 Å². The quantitative estimate of drug-likeness (QED) is 0.695. The molecular formula is C13H15N2O2+. The molecule has 4 nitrogen and oxygen atoms in total. The molecule has 0 saturated heterocycles. The number of quaternary nitrogens is 1. The minimum Gasteiger partial charge on any atom is -0.465 e. The van der Waals surface area contributed by atoms with Gasteiger partial charge in [-0.3, -0.25) is 0 Å². The van der Waals surface area contributed by atoms with Crippen LogP contribution in [0.3, 0.4) is 0 Å². The van der Waals surface area contributed by atoms with Gasteiger partial charge in [0.25, 0.3) is 0 Å². The number of nitrogens with two attached hydrogens (primary N) is 1. The van der Waals surface area contributed by atoms with Gasteiger partial charge in [0.1, 0.15) is 6.54 Å². The fourth-order valence-corrected chi connectivity index (χ4v) is 2.56. The maximum Gasteiger partial charge on any atom is 0.364 e. The number of aromatic nitrogens is 1. The first kappa shape index (κ1) is 10.4. The first-order valence-electron chi connectivity index (χ1n) is 5.79. The van der Waals surface area contributed by atoms with Gasteiger partial charge in [0.15, 0.2) is 6.04 Å². The average molecular weight is 231 g/mol. The minimum absolute atomic E-state index is 0.105. The standard InChI is InChI=1S/C13H14N2O2/c1-17-13(16)11-6-9-8-4-2-3-5-10(8)15-12(9)7-14-11/h2-5,11,14-15H,6-7H2,1H3/p+1/t11-/m0/s1. The van der Waals surface area contributed by atoms with Crippen molar-refractivity contribution in [2.45, 2.75) is 19.0 Å². The maximum absolute atomic E-state index is 11.6. The molecule has 4 heteroatoms. The Morgan fingerprint density at radius 1 is 1.47 bits per heavy atom. The molecule has 3 rings (SSSR count). The summed E-state index contributed by atoms with van der Waals surface area (Å²) < 4.78 is 4.81. The highest BCUT2D eigenvalue weighted by Crippen LogP contribution is 2.24. The molecule has 1 aromatic heterocycles. The van der Waals surface area contributed by atoms with E-state index in [4.69, 9.17) is 4.74 Å². The molecule has 0 radical (unpaired) electrons. The SMILES string of the molecule is COC(=O)[C@@H]1Cc2c([nH]c3ccccc23)C[NH2+]1. The predicted octanol–water partition coefficient (Wildman–Crippen LogP) is 0.329. The lowest BCUT2D eigenvalue weighted by Gasteiger charge is -2.18. The van der Waals surface area contributed by atoms with Crippen molar-refractivity contribution in [1.29, 1.82) is 0 Å². The third-order valence-electron chi connectivity index (χ3n) is 3.44. The average Bonchev–Trinajstić information content (AvgIpc) is 2.75. The zero-order valence-corrected chi connectivity index (χ0v) is 9.69. The second-order valence-electron chi connectivity index (χ2n) is 4.40. The number of carbonyl (C=O) groups is 1. The Balaban J connectivity index is 2.03. The minimum atomic E-state index is -0.138. The Morgan fingerprint density at radius 2 is 2.29 bits per heavy atom. The number of H-pyrrole nitrogens is 1. The van der Waals surface area contributed by atoms with E-state index in [-0.39, 0.29) is 12.0 Å². The Bertz CT molecular complexity index is 574. The normalized spacial score (nSPS) is 19.0. The lowest BCUT2D eigenvalue weighted by molar-refractivity contribution is -0.697. The molecule has 2 aromatic rings. The van der Waals surface area contributed by atoms with Crippen LogP contribution in [0.1, 0.15) is 11.3 Å². The van der Waals surface area contributed by atoms with Crippen molar-refractivity contribution in [2.75, 3.05) is 7.11 Å². The van der Waals surface area contributed by atoms with Crippen molar-refractivity contribution < 1.29 is 14.8 Å². The number of carbonyl (C=O) groups excluding carboxylic acids is 1. The number of rotatable bonds is 1. The van der Waals surface area contributed by atoms with Crippen molar-refractivity contribution in [3.05, 3.63) is 35.5 Å². The van der Waals surface area contributed by atoms with Crippen LogP contribution in [0.2, 0.25) is 0 Å². The number of methoxy groups -OCH3 is 1. The van der Waals surface area contributed by atoms with Crippen LogP contribution in [0.5, 0.6) is 0 Å². The van der Waals surface area contributed by atoms with E-state index in [0.29, 0.717) is 0 Å². The topological polar surface area (TPSA) is 58.7 Å². The molecular weight excluding hydrogens is 216 g/mol. The van der Waals surface area contributed by atoms with Gasteiger partial charge in [-0.05, 0) is 11.6 Å². The summed E-state index contributed by atoms with van der Waals surface area (Å²) in [6.07, 6.45) is 0.742. The molecule has 1 aliphatic heterocycles. The monoisotopic (exact) mass is 231 g/mol. The lowest BCUT2D eigenvalue weighted by atomic mass is 9.99. The second-order valence-corrected chi connectivity index (χ2v) is 4.40. The number of nitrogens with one attached hydrogen (secondary N) is 1. The molecule has 3 N–H and O–H groups in total. The second kappa shape index (κ2) is 3.89. The van der Waals surface area contributed by atoms with Crippen LogP contribution in [-0.4, -0.2) is 24.1 Å². The maximum atomic E-state index is 11.6. The summed E-state index contributed by atoms with van der Waals surface area (Å²) in [5.74, 6) is -0.138. The molecule has 0 saturated carbocycles. The number of hydrogen-bond donors (Lipinski definition) is 2. The summed E-state index contributed by atoms with van der Waals surface area (Å²) in [5, 5.41) is 3.26. The number of hydrogen-bond acceptors (Lipinski definition) is 2. The fourth-order valence-electron chi connectivity index (χ4n) is 2.56. The number of esters is 1. The fraction of sp³-hybridized carbons (Fsp3) is 0.308. The first-order valence-corrected chi connectivity index (χ1v) is 5.79. The molecule has 0 spiro atoms. The summed E-state index contributed by atoms with van der Waals surface area (Å²) in [4.78, 5) is 15.0. The van der Waals surface area contributed by atoms with Gasteiger partial charge in [0.2, 0.25) is 0 Å². The number of ether oxygens (including phenoxy) is 1. The zero-order valence-electron chi connectivity index (χ0n) is 9.69. The zero-order chi connectivity index (χ0) is 11.8. The van der Waals surface area contributed by atoms with Crippen LogP contribution in [0.15, 0.2) is 24.3 Å². The van der Waals surface area contributed by atoms with Crippen molar-refractivity contribution in [3.8, 4) is 0 Å². The Morgan fingerprint density at radius 3 is 3.12 bits per heavy atom. The Hall–Kier alpha value is -1.81. The van der Waals surface area contributed by atoms with Gasteiger partial charge in [0, 0.05) is 17.3 Å². The van der Waals surface area contributed by atoms with Gasteiger partial charge >= 0.3 is 5.97 Å². The molecule has 1 atom stereocenters. The van der Waals surface area contributed by atoms with Crippen molar-refractivity contribution in [1.82, 2.24) is 4.98 Å². The number of aromatic amines is 1. The Labute approximate surface area is 99.0 Å². The summed E-state index contributed by atoms with van der Waals surface area (Å²) in [7, 11) is 1.45. The molecule has 88 valence electrons. The smallest absolute Gasteiger partial charge is 0.364 e. The highest BCUT2D eigenvalue weighted by Gasteiger charge is 2.30. The van der Waals surface area contributed by atoms with Crippen LogP contribution in [0.4, 0.5) is 0 Å². The third-order valence-corrected chi connectivity index (χ3v) is 3.44. The van der Waals surface area contributed by atoms with E-state index < -0.39 is 0 Å². The third kappa shape index (κ3) is 1.61. The molecule has 17 heavy (non-hydrogen) atoms. The number of para-hydroxylation sites is 1. The molecule has 1 aliphatic rings. The van der Waals surface area contributed by atoms with Crippen LogP contribution >= 0.6 is 0 Å². The highest BCUT2D eigenvalue weighted by molar-refractivity contribution is 5.86. The van der Waals surface area contributed by atoms with Crippen molar-refractivity contribution in [2.24, 2.45) is 0 Å². The molecule has 0 aliphatic carbocycles. The largest absolute Gasteiger partial charge is 0.465 e. The van der Waals surface area contributed by atoms with E-state index in [1.807, 2.05) is 17.4 Å². The number of fused-ring (bicyclic) bond motifs is 3. The molecule has 0 amide bonds. The van der Waals surface area contributed by atoms with Crippen LogP contribution in [0, 0.1) is 0 Å². The molecule has 2 heterocycles.